The van der Waals surface area contributed by atoms with Crippen LogP contribution in [-0.2, 0) is 18.4 Å². The number of aromatic nitrogens is 4. The lowest BCUT2D eigenvalue weighted by Crippen LogP contribution is -2.49. The van der Waals surface area contributed by atoms with E-state index in [1.54, 1.807) is 29.0 Å². The number of aryl methyl sites for hydroxylation is 1. The summed E-state index contributed by atoms with van der Waals surface area (Å²) in [5.74, 6) is 0.104. The number of carbonyl (C=O) groups excluding carboxylic acids is 1. The Morgan fingerprint density at radius 2 is 2.06 bits per heavy atom. The van der Waals surface area contributed by atoms with Gasteiger partial charge in [-0.25, -0.2) is 4.98 Å². The molecule has 33 heavy (non-hydrogen) atoms. The molecule has 0 radical (unpaired) electrons. The fourth-order valence-electron chi connectivity index (χ4n) is 3.88. The van der Waals surface area contributed by atoms with Crippen molar-refractivity contribution in [1.29, 1.82) is 0 Å². The lowest BCUT2D eigenvalue weighted by atomic mass is 9.90. The standard InChI is InChI=1S/C25H33N5O3/c1-5-6-7-8-19(2)20(3)13-23(31)29-11-9-25(33,10-12-29)17-30-18-26-22(14-24(30)32)21-15-27-28(4)16-21/h5-8,14-16,18,20,33H,2,9-13,17H2,1,3-4H3/b6-5-,8-7-/t20-/m1/s1. The predicted molar refractivity (Wildman–Crippen MR) is 128 cm³/mol. The molecule has 1 aliphatic heterocycles. The SMILES string of the molecule is C=C(/C=C\C=C/C)[C@H](C)CC(=O)N1CCC(O)(Cn2cnc(-c3cnn(C)c3)cc2=O)CC1. The number of likely N-dealkylation sites (tertiary alicyclic amines) is 1. The van der Waals surface area contributed by atoms with Crippen LogP contribution in [0, 0.1) is 5.92 Å². The van der Waals surface area contributed by atoms with Gasteiger partial charge in [0.2, 0.25) is 5.91 Å². The van der Waals surface area contributed by atoms with Crippen molar-refractivity contribution in [2.45, 2.75) is 45.3 Å². The molecule has 1 amide bonds. The number of allylic oxidation sites excluding steroid dienone is 5. The van der Waals surface area contributed by atoms with Crippen LogP contribution in [0.15, 0.2) is 66.0 Å². The Bertz CT molecular complexity index is 1100. The number of carbonyl (C=O) groups is 1. The van der Waals surface area contributed by atoms with Crippen LogP contribution in [0.4, 0.5) is 0 Å². The van der Waals surface area contributed by atoms with Crippen molar-refractivity contribution in [3.8, 4) is 11.3 Å². The van der Waals surface area contributed by atoms with E-state index in [0.29, 0.717) is 38.0 Å². The van der Waals surface area contributed by atoms with Gasteiger partial charge in [0.05, 0.1) is 30.4 Å². The molecule has 2 aromatic rings. The van der Waals surface area contributed by atoms with Gasteiger partial charge in [0, 0.05) is 44.4 Å². The van der Waals surface area contributed by atoms with Crippen molar-refractivity contribution in [1.82, 2.24) is 24.2 Å². The van der Waals surface area contributed by atoms with Crippen LogP contribution in [0.25, 0.3) is 11.3 Å². The van der Waals surface area contributed by atoms with E-state index in [4.69, 9.17) is 0 Å². The third-order valence-electron chi connectivity index (χ3n) is 6.12. The second-order valence-electron chi connectivity index (χ2n) is 8.81. The molecule has 0 spiro atoms. The molecule has 1 N–H and O–H groups in total. The van der Waals surface area contributed by atoms with Crippen LogP contribution in [0.3, 0.4) is 0 Å². The lowest BCUT2D eigenvalue weighted by molar-refractivity contribution is -0.136. The van der Waals surface area contributed by atoms with E-state index >= 15 is 0 Å². The molecule has 3 heterocycles. The third-order valence-corrected chi connectivity index (χ3v) is 6.12. The second-order valence-corrected chi connectivity index (χ2v) is 8.81. The zero-order valence-electron chi connectivity index (χ0n) is 19.6. The molecule has 0 aliphatic carbocycles. The Hall–Kier alpha value is -3.26. The van der Waals surface area contributed by atoms with Crippen molar-refractivity contribution < 1.29 is 9.90 Å². The first kappa shape index (κ1) is 24.4. The van der Waals surface area contributed by atoms with E-state index in [0.717, 1.165) is 11.1 Å². The minimum Gasteiger partial charge on any atom is -0.388 e. The molecule has 2 aromatic heterocycles. The van der Waals surface area contributed by atoms with Crippen LogP contribution in [0.2, 0.25) is 0 Å². The highest BCUT2D eigenvalue weighted by atomic mass is 16.3. The van der Waals surface area contributed by atoms with E-state index in [2.05, 4.69) is 16.7 Å². The van der Waals surface area contributed by atoms with Gasteiger partial charge in [-0.1, -0.05) is 43.4 Å². The van der Waals surface area contributed by atoms with Gasteiger partial charge in [-0.05, 0) is 25.7 Å². The molecule has 1 aliphatic rings. The molecule has 0 saturated carbocycles. The first-order chi connectivity index (χ1) is 15.7. The topological polar surface area (TPSA) is 93.2 Å². The van der Waals surface area contributed by atoms with Crippen LogP contribution < -0.4 is 5.56 Å². The van der Waals surface area contributed by atoms with Gasteiger partial charge in [0.25, 0.3) is 5.56 Å². The Kier molecular flexibility index (Phi) is 7.81. The van der Waals surface area contributed by atoms with E-state index in [9.17, 15) is 14.7 Å². The van der Waals surface area contributed by atoms with Crippen LogP contribution in [0.1, 0.15) is 33.1 Å². The Morgan fingerprint density at radius 3 is 2.67 bits per heavy atom. The summed E-state index contributed by atoms with van der Waals surface area (Å²) in [7, 11) is 1.80. The van der Waals surface area contributed by atoms with E-state index < -0.39 is 5.60 Å². The number of rotatable bonds is 8. The number of hydrogen-bond acceptors (Lipinski definition) is 5. The molecule has 3 rings (SSSR count). The molecule has 0 unspecified atom stereocenters. The maximum Gasteiger partial charge on any atom is 0.253 e. The highest BCUT2D eigenvalue weighted by molar-refractivity contribution is 5.77. The van der Waals surface area contributed by atoms with Gasteiger partial charge >= 0.3 is 0 Å². The molecule has 0 aromatic carbocycles. The molecule has 8 nitrogen and oxygen atoms in total. The number of nitrogens with zero attached hydrogens (tertiary/aromatic N) is 5. The Labute approximate surface area is 194 Å². The maximum absolute atomic E-state index is 12.7. The van der Waals surface area contributed by atoms with Crippen LogP contribution in [-0.4, -0.2) is 53.9 Å². The van der Waals surface area contributed by atoms with Gasteiger partial charge in [-0.2, -0.15) is 5.10 Å². The number of hydrogen-bond donors (Lipinski definition) is 1. The summed E-state index contributed by atoms with van der Waals surface area (Å²) >= 11 is 0. The molecular formula is C25H33N5O3. The summed E-state index contributed by atoms with van der Waals surface area (Å²) in [4.78, 5) is 31.5. The summed E-state index contributed by atoms with van der Waals surface area (Å²) in [6.07, 6.45) is 13.8. The largest absolute Gasteiger partial charge is 0.388 e. The quantitative estimate of drug-likeness (QED) is 0.623. The summed E-state index contributed by atoms with van der Waals surface area (Å²) in [5, 5.41) is 15.2. The summed E-state index contributed by atoms with van der Waals surface area (Å²) in [6, 6.07) is 1.46. The molecule has 8 heteroatoms. The molecule has 1 fully saturated rings. The number of aliphatic hydroxyl groups is 1. The maximum atomic E-state index is 12.7. The third kappa shape index (κ3) is 6.38. The van der Waals surface area contributed by atoms with Crippen molar-refractivity contribution in [2.24, 2.45) is 13.0 Å². The predicted octanol–water partition coefficient (Wildman–Crippen LogP) is 2.71. The lowest BCUT2D eigenvalue weighted by Gasteiger charge is -2.38. The molecule has 1 saturated heterocycles. The van der Waals surface area contributed by atoms with E-state index in [1.807, 2.05) is 38.2 Å². The number of amides is 1. The Balaban J connectivity index is 1.55. The monoisotopic (exact) mass is 451 g/mol. The average molecular weight is 452 g/mol. The van der Waals surface area contributed by atoms with E-state index in [1.165, 1.54) is 17.0 Å². The second kappa shape index (κ2) is 10.6. The van der Waals surface area contributed by atoms with Gasteiger partial charge in [0.15, 0.2) is 0 Å². The number of piperidine rings is 1. The normalized spacial score (nSPS) is 17.0. The van der Waals surface area contributed by atoms with E-state index in [-0.39, 0.29) is 23.9 Å². The van der Waals surface area contributed by atoms with Crippen molar-refractivity contribution in [3.63, 3.8) is 0 Å². The van der Waals surface area contributed by atoms with Crippen molar-refractivity contribution in [2.75, 3.05) is 13.1 Å². The minimum absolute atomic E-state index is 0.0443. The zero-order valence-corrected chi connectivity index (χ0v) is 19.6. The van der Waals surface area contributed by atoms with Crippen LogP contribution >= 0.6 is 0 Å². The van der Waals surface area contributed by atoms with Gasteiger partial charge in [-0.15, -0.1) is 0 Å². The van der Waals surface area contributed by atoms with Gasteiger partial charge < -0.3 is 10.0 Å². The molecular weight excluding hydrogens is 418 g/mol. The smallest absolute Gasteiger partial charge is 0.253 e. The summed E-state index contributed by atoms with van der Waals surface area (Å²) in [5.41, 5.74) is 0.947. The molecule has 0 bridgehead atoms. The first-order valence-electron chi connectivity index (χ1n) is 11.2. The van der Waals surface area contributed by atoms with Gasteiger partial charge in [0.1, 0.15) is 0 Å². The summed E-state index contributed by atoms with van der Waals surface area (Å²) in [6.45, 7) is 9.06. The zero-order chi connectivity index (χ0) is 24.0. The molecule has 176 valence electrons. The Morgan fingerprint density at radius 1 is 1.33 bits per heavy atom. The fraction of sp³-hybridized carbons (Fsp3) is 0.440. The van der Waals surface area contributed by atoms with Crippen molar-refractivity contribution >= 4 is 5.91 Å². The average Bonchev–Trinajstić information content (AvgIpc) is 3.22. The summed E-state index contributed by atoms with van der Waals surface area (Å²) < 4.78 is 3.08. The first-order valence-corrected chi connectivity index (χ1v) is 11.2. The van der Waals surface area contributed by atoms with Crippen LogP contribution in [0.5, 0.6) is 0 Å². The minimum atomic E-state index is -1.05. The fourth-order valence-corrected chi connectivity index (χ4v) is 3.88. The highest BCUT2D eigenvalue weighted by Gasteiger charge is 2.34. The van der Waals surface area contributed by atoms with Gasteiger partial charge in [-0.3, -0.25) is 18.8 Å². The highest BCUT2D eigenvalue weighted by Crippen LogP contribution is 2.25. The molecule has 1 atom stereocenters. The van der Waals surface area contributed by atoms with Crippen molar-refractivity contribution in [3.05, 3.63) is 71.6 Å².